The van der Waals surface area contributed by atoms with Gasteiger partial charge in [0, 0.05) is 17.3 Å². The first kappa shape index (κ1) is 17.8. The molecule has 2 aliphatic heterocycles. The summed E-state index contributed by atoms with van der Waals surface area (Å²) in [7, 11) is 0. The minimum absolute atomic E-state index is 0.112. The lowest BCUT2D eigenvalue weighted by atomic mass is 10.0. The lowest BCUT2D eigenvalue weighted by Crippen LogP contribution is -3.08. The number of nitrogens with zero attached hydrogens (tertiary/aromatic N) is 5. The van der Waals surface area contributed by atoms with Crippen LogP contribution in [-0.4, -0.2) is 34.9 Å². The number of hydrogen-bond donors (Lipinski definition) is 1. The zero-order valence-electron chi connectivity index (χ0n) is 14.1. The second-order valence-electron chi connectivity index (χ2n) is 6.01. The largest absolute Gasteiger partial charge is 0.486 e. The zero-order chi connectivity index (χ0) is 19.9. The highest BCUT2D eigenvalue weighted by atomic mass is 19.4. The first-order valence-electron chi connectivity index (χ1n) is 8.06. The molecule has 10 heteroatoms. The highest BCUT2D eigenvalue weighted by molar-refractivity contribution is 5.88. The van der Waals surface area contributed by atoms with Crippen LogP contribution in [0.25, 0.3) is 17.0 Å². The van der Waals surface area contributed by atoms with Gasteiger partial charge in [-0.1, -0.05) is 5.10 Å². The molecular weight excluding hydrogens is 376 g/mol. The summed E-state index contributed by atoms with van der Waals surface area (Å²) in [6, 6.07) is 9.25. The Morgan fingerprint density at radius 1 is 1.21 bits per heavy atom. The van der Waals surface area contributed by atoms with Crippen LogP contribution in [0, 0.1) is 17.1 Å². The molecule has 0 saturated heterocycles. The van der Waals surface area contributed by atoms with Gasteiger partial charge in [-0.15, -0.1) is 5.01 Å². The van der Waals surface area contributed by atoms with Crippen molar-refractivity contribution in [2.24, 2.45) is 10.1 Å². The molecule has 0 amide bonds. The molecule has 4 rings (SSSR count). The lowest BCUT2D eigenvalue weighted by molar-refractivity contribution is -0.732. The number of rotatable bonds is 2. The number of aromatic nitrogens is 1. The average Bonchev–Trinajstić information content (AvgIpc) is 3.11. The lowest BCUT2D eigenvalue weighted by Gasteiger charge is -2.26. The highest BCUT2D eigenvalue weighted by Crippen LogP contribution is 2.27. The third-order valence-corrected chi connectivity index (χ3v) is 4.31. The van der Waals surface area contributed by atoms with E-state index in [1.165, 1.54) is 36.7 Å². The molecule has 0 fully saturated rings. The minimum atomic E-state index is -4.55. The third kappa shape index (κ3) is 3.01. The smallest absolute Gasteiger partial charge is 0.258 e. The molecule has 0 aliphatic carbocycles. The Bertz CT molecular complexity index is 1080. The van der Waals surface area contributed by atoms with Gasteiger partial charge in [-0.25, -0.2) is 4.39 Å². The van der Waals surface area contributed by atoms with Crippen molar-refractivity contribution in [2.75, 3.05) is 6.54 Å². The topological polar surface area (TPSA) is 69.1 Å². The fourth-order valence-electron chi connectivity index (χ4n) is 2.96. The molecule has 1 atom stereocenters. The van der Waals surface area contributed by atoms with Gasteiger partial charge in [-0.05, 0) is 30.3 Å². The van der Waals surface area contributed by atoms with E-state index in [0.717, 1.165) is 0 Å². The third-order valence-electron chi connectivity index (χ3n) is 4.31. The van der Waals surface area contributed by atoms with Crippen molar-refractivity contribution in [1.29, 1.82) is 5.26 Å². The summed E-state index contributed by atoms with van der Waals surface area (Å²) in [6.07, 6.45) is -0.979. The zero-order valence-corrected chi connectivity index (χ0v) is 14.1. The van der Waals surface area contributed by atoms with E-state index in [0.29, 0.717) is 22.6 Å². The van der Waals surface area contributed by atoms with Gasteiger partial charge in [0.15, 0.2) is 12.0 Å². The summed E-state index contributed by atoms with van der Waals surface area (Å²) in [5, 5.41) is 13.4. The summed E-state index contributed by atoms with van der Waals surface area (Å²) in [6.45, 7) is -0.449. The van der Waals surface area contributed by atoms with E-state index in [4.69, 9.17) is 0 Å². The molecule has 0 spiro atoms. The molecule has 6 nitrogen and oxygen atoms in total. The number of alkyl halides is 3. The molecule has 0 bridgehead atoms. The number of halogens is 4. The monoisotopic (exact) mass is 387 g/mol. The number of aliphatic imine (C=N–C) groups is 1. The van der Waals surface area contributed by atoms with E-state index in [9.17, 15) is 22.8 Å². The fraction of sp³-hybridized carbons (Fsp3) is 0.111. The Hall–Kier alpha value is -3.58. The van der Waals surface area contributed by atoms with Crippen molar-refractivity contribution in [1.82, 2.24) is 9.88 Å². The van der Waals surface area contributed by atoms with Crippen LogP contribution in [0.1, 0.15) is 11.1 Å². The molecule has 1 aromatic carbocycles. The summed E-state index contributed by atoms with van der Waals surface area (Å²) in [4.78, 5) is 8.26. The Morgan fingerprint density at radius 3 is 2.79 bits per heavy atom. The van der Waals surface area contributed by atoms with Crippen molar-refractivity contribution < 1.29 is 22.6 Å². The number of pyridine rings is 1. The Kier molecular flexibility index (Phi) is 4.16. The van der Waals surface area contributed by atoms with Crippen molar-refractivity contribution in [2.45, 2.75) is 6.30 Å². The molecule has 2 aromatic rings. The van der Waals surface area contributed by atoms with Gasteiger partial charge in [-0.2, -0.15) is 23.4 Å². The van der Waals surface area contributed by atoms with Crippen molar-refractivity contribution in [3.05, 3.63) is 59.7 Å². The molecule has 140 valence electrons. The van der Waals surface area contributed by atoms with Crippen molar-refractivity contribution >= 4 is 17.9 Å². The van der Waals surface area contributed by atoms with Gasteiger partial charge >= 0.3 is 6.30 Å². The number of nitriles is 1. The van der Waals surface area contributed by atoms with E-state index >= 15 is 0 Å². The Labute approximate surface area is 156 Å². The fourth-order valence-corrected chi connectivity index (χ4v) is 2.96. The van der Waals surface area contributed by atoms with Crippen LogP contribution >= 0.6 is 0 Å². The van der Waals surface area contributed by atoms with E-state index in [-0.39, 0.29) is 27.6 Å². The van der Waals surface area contributed by atoms with E-state index in [1.54, 1.807) is 6.07 Å². The molecule has 28 heavy (non-hydrogen) atoms. The minimum Gasteiger partial charge on any atom is -0.258 e. The van der Waals surface area contributed by atoms with Crippen LogP contribution in [0.2, 0.25) is 0 Å². The van der Waals surface area contributed by atoms with Crippen LogP contribution in [-0.2, 0) is 0 Å². The second-order valence-corrected chi connectivity index (χ2v) is 6.01. The number of hydrogen-bond acceptors (Lipinski definition) is 5. The van der Waals surface area contributed by atoms with Gasteiger partial charge < -0.3 is 0 Å². The predicted molar refractivity (Wildman–Crippen MR) is 92.0 cm³/mol. The van der Waals surface area contributed by atoms with Crippen molar-refractivity contribution in [3.8, 4) is 17.3 Å². The maximum absolute atomic E-state index is 14.4. The van der Waals surface area contributed by atoms with E-state index in [2.05, 4.69) is 15.1 Å². The molecule has 3 heterocycles. The van der Waals surface area contributed by atoms with Crippen LogP contribution in [0.3, 0.4) is 0 Å². The van der Waals surface area contributed by atoms with Crippen LogP contribution in [0.5, 0.6) is 0 Å². The average molecular weight is 387 g/mol. The van der Waals surface area contributed by atoms with E-state index in [1.807, 2.05) is 6.07 Å². The summed E-state index contributed by atoms with van der Waals surface area (Å²) < 4.78 is 53.0. The first-order chi connectivity index (χ1) is 13.4. The standard InChI is InChI=1S/C18H10F4N6/c19-14-4-3-11(6-13(14)17-12(7-23)2-1-5-24-17)15-8-25-16-9-27(18(20,21)22)10-26-28(15)16/h1-6,8,10H,9H2/p+1. The Morgan fingerprint density at radius 2 is 2.04 bits per heavy atom. The Balaban J connectivity index is 1.70. The van der Waals surface area contributed by atoms with E-state index < -0.39 is 18.7 Å². The molecule has 0 saturated carbocycles. The maximum atomic E-state index is 14.4. The SMILES string of the molecule is N#Cc1cccnc1-c1cc(C2=CN=C3CN(C(F)(F)F)C=N[NH+]23)ccc1F. The first-order valence-corrected chi connectivity index (χ1v) is 8.06. The predicted octanol–water partition coefficient (Wildman–Crippen LogP) is 2.13. The second kappa shape index (κ2) is 6.54. The highest BCUT2D eigenvalue weighted by Gasteiger charge is 2.43. The number of quaternary nitrogens is 1. The quantitative estimate of drug-likeness (QED) is 0.634. The number of fused-ring (bicyclic) bond motifs is 1. The van der Waals surface area contributed by atoms with Crippen LogP contribution < -0.4 is 5.01 Å². The summed E-state index contributed by atoms with van der Waals surface area (Å²) >= 11 is 0. The van der Waals surface area contributed by atoms with Crippen molar-refractivity contribution in [3.63, 3.8) is 0 Å². The molecule has 1 unspecified atom stereocenters. The molecule has 0 radical (unpaired) electrons. The number of nitrogens with one attached hydrogen (secondary N) is 1. The van der Waals surface area contributed by atoms with Gasteiger partial charge in [0.2, 0.25) is 0 Å². The molecule has 1 N–H and O–H groups in total. The molecular formula is C18H11F4N6+. The van der Waals surface area contributed by atoms with Gasteiger partial charge in [-0.3, -0.25) is 9.88 Å². The number of amidine groups is 1. The summed E-state index contributed by atoms with van der Waals surface area (Å²) in [5.41, 5.74) is 1.49. The molecule has 1 aromatic heterocycles. The van der Waals surface area contributed by atoms with Gasteiger partial charge in [0.25, 0.3) is 5.84 Å². The van der Waals surface area contributed by atoms with Gasteiger partial charge in [0.1, 0.15) is 18.4 Å². The number of benzene rings is 1. The summed E-state index contributed by atoms with van der Waals surface area (Å²) in [5.74, 6) is -0.393. The van der Waals surface area contributed by atoms with Crippen LogP contribution in [0.4, 0.5) is 17.6 Å². The van der Waals surface area contributed by atoms with Crippen LogP contribution in [0.15, 0.2) is 52.8 Å². The van der Waals surface area contributed by atoms with Gasteiger partial charge in [0.05, 0.1) is 17.5 Å². The molecule has 2 aliphatic rings. The maximum Gasteiger partial charge on any atom is 0.486 e. The normalized spacial score (nSPS) is 18.4.